The summed E-state index contributed by atoms with van der Waals surface area (Å²) in [6, 6.07) is 9.82. The number of methoxy groups -OCH3 is 1. The molecular formula is C19H25N5O3S2. The van der Waals surface area contributed by atoms with Gasteiger partial charge in [-0.2, -0.15) is 27.0 Å². The van der Waals surface area contributed by atoms with Gasteiger partial charge in [-0.25, -0.2) is 19.7 Å². The monoisotopic (exact) mass is 435 g/mol. The first-order valence-corrected chi connectivity index (χ1v) is 9.00. The van der Waals surface area contributed by atoms with Crippen molar-refractivity contribution in [3.8, 4) is 11.4 Å². The van der Waals surface area contributed by atoms with Gasteiger partial charge in [0.25, 0.3) is 0 Å². The van der Waals surface area contributed by atoms with E-state index in [2.05, 4.69) is 25.3 Å². The number of aliphatic hydroxyl groups excluding tert-OH is 1. The van der Waals surface area contributed by atoms with Crippen molar-refractivity contribution in [1.82, 2.24) is 19.9 Å². The maximum absolute atomic E-state index is 11.9. The fourth-order valence-electron chi connectivity index (χ4n) is 3.32. The predicted molar refractivity (Wildman–Crippen MR) is 121 cm³/mol. The van der Waals surface area contributed by atoms with Crippen molar-refractivity contribution in [2.24, 2.45) is 0 Å². The van der Waals surface area contributed by atoms with Crippen LogP contribution in [-0.4, -0.2) is 50.3 Å². The standard InChI is InChI=1S/C19H21N5O3.2H2S/c1-27-19(26)18-21-14-16(20-12-7-9-13(25)10-8-12)22-15(23-17(14)24-18)11-5-3-2-4-6-11;;/h2-6,12-13,25H,7-10H2,1H3,(H2,20,21,22,23,24);2*1H2. The van der Waals surface area contributed by atoms with Crippen LogP contribution in [0.25, 0.3) is 22.6 Å². The highest BCUT2D eigenvalue weighted by molar-refractivity contribution is 7.59. The molecule has 0 bridgehead atoms. The fourth-order valence-corrected chi connectivity index (χ4v) is 3.32. The number of carbonyl (C=O) groups is 1. The second kappa shape index (κ2) is 9.95. The highest BCUT2D eigenvalue weighted by Crippen LogP contribution is 2.27. The summed E-state index contributed by atoms with van der Waals surface area (Å²) in [6.07, 6.45) is 2.99. The van der Waals surface area contributed by atoms with Gasteiger partial charge in [-0.3, -0.25) is 0 Å². The normalized spacial score (nSPS) is 18.4. The molecule has 0 radical (unpaired) electrons. The van der Waals surface area contributed by atoms with Gasteiger partial charge in [0.2, 0.25) is 5.82 Å². The number of anilines is 1. The first kappa shape index (κ1) is 23.0. The van der Waals surface area contributed by atoms with Gasteiger partial charge in [0.05, 0.1) is 13.2 Å². The van der Waals surface area contributed by atoms with Crippen molar-refractivity contribution in [3.63, 3.8) is 0 Å². The highest BCUT2D eigenvalue weighted by atomic mass is 32.1. The number of imidazole rings is 1. The first-order valence-electron chi connectivity index (χ1n) is 9.00. The Balaban J connectivity index is 0.00000150. The van der Waals surface area contributed by atoms with E-state index in [9.17, 15) is 9.90 Å². The molecule has 2 heterocycles. The molecule has 1 aromatic carbocycles. The minimum atomic E-state index is -0.555. The van der Waals surface area contributed by atoms with Crippen LogP contribution in [0.2, 0.25) is 0 Å². The van der Waals surface area contributed by atoms with Crippen molar-refractivity contribution < 1.29 is 14.6 Å². The molecule has 3 N–H and O–H groups in total. The number of rotatable bonds is 4. The van der Waals surface area contributed by atoms with Gasteiger partial charge in [-0.15, -0.1) is 0 Å². The zero-order chi connectivity index (χ0) is 18.8. The maximum Gasteiger partial charge on any atom is 0.374 e. The van der Waals surface area contributed by atoms with Crippen LogP contribution in [0.15, 0.2) is 30.3 Å². The Morgan fingerprint density at radius 2 is 1.79 bits per heavy atom. The number of hydrogen-bond acceptors (Lipinski definition) is 7. The molecule has 0 aliphatic heterocycles. The molecule has 156 valence electrons. The van der Waals surface area contributed by atoms with Crippen LogP contribution in [0.3, 0.4) is 0 Å². The molecule has 4 rings (SSSR count). The summed E-state index contributed by atoms with van der Waals surface area (Å²) >= 11 is 0. The third-order valence-electron chi connectivity index (χ3n) is 4.80. The molecule has 0 unspecified atom stereocenters. The highest BCUT2D eigenvalue weighted by Gasteiger charge is 2.23. The van der Waals surface area contributed by atoms with Crippen molar-refractivity contribution in [2.75, 3.05) is 12.4 Å². The Morgan fingerprint density at radius 3 is 2.45 bits per heavy atom. The van der Waals surface area contributed by atoms with Gasteiger partial charge in [0.1, 0.15) is 5.52 Å². The molecule has 3 aromatic rings. The molecule has 0 amide bonds. The Hall–Kier alpha value is -2.30. The summed E-state index contributed by atoms with van der Waals surface area (Å²) in [6.45, 7) is 0. The molecule has 10 heteroatoms. The Morgan fingerprint density at radius 1 is 1.10 bits per heavy atom. The number of nitrogens with zero attached hydrogens (tertiary/aromatic N) is 3. The third kappa shape index (κ3) is 5.01. The number of H-pyrrole nitrogens is 1. The van der Waals surface area contributed by atoms with E-state index in [-0.39, 0.29) is 45.0 Å². The molecule has 0 spiro atoms. The second-order valence-electron chi connectivity index (χ2n) is 6.69. The number of benzene rings is 1. The number of aromatic amines is 1. The molecule has 1 aliphatic rings. The minimum Gasteiger partial charge on any atom is -0.463 e. The van der Waals surface area contributed by atoms with Crippen molar-refractivity contribution in [2.45, 2.75) is 37.8 Å². The lowest BCUT2D eigenvalue weighted by molar-refractivity contribution is 0.0588. The molecule has 1 saturated carbocycles. The lowest BCUT2D eigenvalue weighted by Gasteiger charge is -2.26. The number of esters is 1. The van der Waals surface area contributed by atoms with E-state index in [4.69, 9.17) is 4.74 Å². The zero-order valence-corrected chi connectivity index (χ0v) is 18.0. The number of aliphatic hydroxyl groups is 1. The smallest absolute Gasteiger partial charge is 0.374 e. The van der Waals surface area contributed by atoms with Crippen LogP contribution in [0.4, 0.5) is 5.82 Å². The largest absolute Gasteiger partial charge is 0.463 e. The molecule has 2 aromatic heterocycles. The Labute approximate surface area is 182 Å². The molecule has 1 fully saturated rings. The van der Waals surface area contributed by atoms with Gasteiger partial charge in [-0.1, -0.05) is 30.3 Å². The summed E-state index contributed by atoms with van der Waals surface area (Å²) in [7, 11) is 1.31. The van der Waals surface area contributed by atoms with Gasteiger partial charge in [0, 0.05) is 11.6 Å². The quantitative estimate of drug-likeness (QED) is 0.540. The van der Waals surface area contributed by atoms with Crippen molar-refractivity contribution in [1.29, 1.82) is 0 Å². The number of fused-ring (bicyclic) bond motifs is 1. The number of carbonyl (C=O) groups excluding carboxylic acids is 1. The van der Waals surface area contributed by atoms with E-state index in [0.717, 1.165) is 31.2 Å². The van der Waals surface area contributed by atoms with Gasteiger partial charge in [-0.05, 0) is 25.7 Å². The van der Waals surface area contributed by atoms with Gasteiger partial charge < -0.3 is 20.1 Å². The lowest BCUT2D eigenvalue weighted by atomic mass is 9.93. The molecule has 1 aliphatic carbocycles. The van der Waals surface area contributed by atoms with E-state index in [1.54, 1.807) is 0 Å². The summed E-state index contributed by atoms with van der Waals surface area (Å²) in [5, 5.41) is 13.2. The van der Waals surface area contributed by atoms with E-state index in [1.165, 1.54) is 7.11 Å². The summed E-state index contributed by atoms with van der Waals surface area (Å²) in [5.41, 5.74) is 1.84. The van der Waals surface area contributed by atoms with Gasteiger partial charge >= 0.3 is 5.97 Å². The van der Waals surface area contributed by atoms with Crippen LogP contribution < -0.4 is 5.32 Å². The lowest BCUT2D eigenvalue weighted by Crippen LogP contribution is -2.28. The first-order chi connectivity index (χ1) is 13.1. The molecule has 8 nitrogen and oxygen atoms in total. The number of hydrogen-bond donors (Lipinski definition) is 3. The predicted octanol–water partition coefficient (Wildman–Crippen LogP) is 2.75. The zero-order valence-electron chi connectivity index (χ0n) is 16.0. The van der Waals surface area contributed by atoms with Crippen molar-refractivity contribution >= 4 is 49.9 Å². The van der Waals surface area contributed by atoms with Crippen LogP contribution >= 0.6 is 27.0 Å². The SMILES string of the molecule is COC(=O)c1nc2nc(-c3ccccc3)nc(NC3CCC(O)CC3)c2[nH]1.S.S. The minimum absolute atomic E-state index is 0. The summed E-state index contributed by atoms with van der Waals surface area (Å²) in [5.74, 6) is 0.669. The van der Waals surface area contributed by atoms with Crippen LogP contribution in [-0.2, 0) is 4.74 Å². The third-order valence-corrected chi connectivity index (χ3v) is 4.80. The van der Waals surface area contributed by atoms with E-state index < -0.39 is 5.97 Å². The van der Waals surface area contributed by atoms with E-state index in [0.29, 0.717) is 22.8 Å². The second-order valence-corrected chi connectivity index (χ2v) is 6.69. The average molecular weight is 436 g/mol. The van der Waals surface area contributed by atoms with Crippen LogP contribution in [0.5, 0.6) is 0 Å². The average Bonchev–Trinajstić information content (AvgIpc) is 3.14. The number of nitrogens with one attached hydrogen (secondary N) is 2. The molecular weight excluding hydrogens is 410 g/mol. The van der Waals surface area contributed by atoms with E-state index in [1.807, 2.05) is 30.3 Å². The Kier molecular flexibility index (Phi) is 7.88. The fraction of sp³-hybridized carbons (Fsp3) is 0.368. The van der Waals surface area contributed by atoms with E-state index >= 15 is 0 Å². The van der Waals surface area contributed by atoms with Crippen molar-refractivity contribution in [3.05, 3.63) is 36.2 Å². The Bertz CT molecular complexity index is 959. The molecule has 29 heavy (non-hydrogen) atoms. The molecule has 0 saturated heterocycles. The van der Waals surface area contributed by atoms with Crippen LogP contribution in [0.1, 0.15) is 36.3 Å². The summed E-state index contributed by atoms with van der Waals surface area (Å²) in [4.78, 5) is 28.3. The number of aromatic nitrogens is 4. The maximum atomic E-state index is 11.9. The number of ether oxygens (including phenoxy) is 1. The van der Waals surface area contributed by atoms with Crippen LogP contribution in [0, 0.1) is 0 Å². The van der Waals surface area contributed by atoms with Gasteiger partial charge in [0.15, 0.2) is 17.3 Å². The summed E-state index contributed by atoms with van der Waals surface area (Å²) < 4.78 is 4.75. The topological polar surface area (TPSA) is 113 Å². The molecule has 0 atom stereocenters.